The molecular formula is C10H21NO2. The van der Waals surface area contributed by atoms with Gasteiger partial charge in [-0.15, -0.1) is 0 Å². The molecule has 1 fully saturated rings. The average molecular weight is 187 g/mol. The van der Waals surface area contributed by atoms with Gasteiger partial charge in [-0.1, -0.05) is 6.42 Å². The number of hydrogen-bond donors (Lipinski definition) is 2. The fourth-order valence-corrected chi connectivity index (χ4v) is 1.79. The van der Waals surface area contributed by atoms with E-state index in [2.05, 4.69) is 5.32 Å². The Morgan fingerprint density at radius 2 is 2.31 bits per heavy atom. The third-order valence-corrected chi connectivity index (χ3v) is 2.66. The molecule has 1 rings (SSSR count). The van der Waals surface area contributed by atoms with Crippen molar-refractivity contribution < 1.29 is 9.84 Å². The third-order valence-electron chi connectivity index (χ3n) is 2.66. The Labute approximate surface area is 80.5 Å². The summed E-state index contributed by atoms with van der Waals surface area (Å²) < 4.78 is 5.26. The number of nitrogens with one attached hydrogen (secondary N) is 1. The van der Waals surface area contributed by atoms with Gasteiger partial charge in [-0.05, 0) is 33.2 Å². The van der Waals surface area contributed by atoms with E-state index in [-0.39, 0.29) is 6.04 Å². The summed E-state index contributed by atoms with van der Waals surface area (Å²) in [5.74, 6) is 0. The summed E-state index contributed by atoms with van der Waals surface area (Å²) in [4.78, 5) is 0. The highest BCUT2D eigenvalue weighted by molar-refractivity contribution is 4.89. The zero-order valence-electron chi connectivity index (χ0n) is 8.68. The molecule has 2 unspecified atom stereocenters. The maximum Gasteiger partial charge on any atom is 0.100 e. The van der Waals surface area contributed by atoms with Crippen molar-refractivity contribution in [2.45, 2.75) is 44.8 Å². The SMILES string of the molecule is CCOCC(C)(O)C1CCCCN1. The average Bonchev–Trinajstić information content (AvgIpc) is 2.16. The first-order valence-corrected chi connectivity index (χ1v) is 5.20. The van der Waals surface area contributed by atoms with E-state index in [0.717, 1.165) is 13.0 Å². The molecule has 2 atom stereocenters. The van der Waals surface area contributed by atoms with Crippen LogP contribution < -0.4 is 5.32 Å². The minimum absolute atomic E-state index is 0.202. The number of piperidine rings is 1. The van der Waals surface area contributed by atoms with Crippen molar-refractivity contribution in [3.63, 3.8) is 0 Å². The molecule has 0 radical (unpaired) electrons. The van der Waals surface area contributed by atoms with Crippen LogP contribution in [0.2, 0.25) is 0 Å². The zero-order valence-corrected chi connectivity index (χ0v) is 8.68. The quantitative estimate of drug-likeness (QED) is 0.687. The van der Waals surface area contributed by atoms with Crippen LogP contribution in [0.25, 0.3) is 0 Å². The molecule has 2 N–H and O–H groups in total. The first-order valence-electron chi connectivity index (χ1n) is 5.20. The lowest BCUT2D eigenvalue weighted by Gasteiger charge is -2.36. The predicted molar refractivity (Wildman–Crippen MR) is 52.8 cm³/mol. The molecule has 0 aromatic heterocycles. The minimum Gasteiger partial charge on any atom is -0.386 e. The van der Waals surface area contributed by atoms with Gasteiger partial charge in [0.25, 0.3) is 0 Å². The molecule has 1 aliphatic rings. The molecule has 1 aliphatic heterocycles. The van der Waals surface area contributed by atoms with Gasteiger partial charge >= 0.3 is 0 Å². The van der Waals surface area contributed by atoms with Crippen LogP contribution in [0.1, 0.15) is 33.1 Å². The van der Waals surface area contributed by atoms with Gasteiger partial charge in [0.05, 0.1) is 6.61 Å². The normalized spacial score (nSPS) is 28.4. The van der Waals surface area contributed by atoms with E-state index in [4.69, 9.17) is 4.74 Å². The van der Waals surface area contributed by atoms with Crippen LogP contribution in [0.3, 0.4) is 0 Å². The third kappa shape index (κ3) is 3.25. The van der Waals surface area contributed by atoms with Gasteiger partial charge in [-0.2, -0.15) is 0 Å². The Morgan fingerprint density at radius 1 is 1.54 bits per heavy atom. The molecule has 0 amide bonds. The van der Waals surface area contributed by atoms with Gasteiger partial charge in [-0.3, -0.25) is 0 Å². The van der Waals surface area contributed by atoms with E-state index in [1.807, 2.05) is 13.8 Å². The lowest BCUT2D eigenvalue weighted by Crippen LogP contribution is -2.53. The van der Waals surface area contributed by atoms with Crippen molar-refractivity contribution >= 4 is 0 Å². The highest BCUT2D eigenvalue weighted by Crippen LogP contribution is 2.19. The highest BCUT2D eigenvalue weighted by Gasteiger charge is 2.32. The van der Waals surface area contributed by atoms with Crippen LogP contribution in [0, 0.1) is 0 Å². The summed E-state index contributed by atoms with van der Waals surface area (Å²) >= 11 is 0. The van der Waals surface area contributed by atoms with Gasteiger partial charge in [0.1, 0.15) is 5.60 Å². The molecule has 0 aromatic carbocycles. The monoisotopic (exact) mass is 187 g/mol. The topological polar surface area (TPSA) is 41.5 Å². The van der Waals surface area contributed by atoms with Crippen LogP contribution >= 0.6 is 0 Å². The summed E-state index contributed by atoms with van der Waals surface area (Å²) in [6, 6.07) is 0.202. The zero-order chi connectivity index (χ0) is 9.73. The van der Waals surface area contributed by atoms with Crippen LogP contribution in [0.5, 0.6) is 0 Å². The molecule has 0 aliphatic carbocycles. The van der Waals surface area contributed by atoms with Crippen molar-refractivity contribution in [2.75, 3.05) is 19.8 Å². The van der Waals surface area contributed by atoms with Crippen LogP contribution in [-0.4, -0.2) is 36.5 Å². The molecule has 78 valence electrons. The molecule has 1 heterocycles. The van der Waals surface area contributed by atoms with Gasteiger partial charge in [0.2, 0.25) is 0 Å². The van der Waals surface area contributed by atoms with Gasteiger partial charge in [0.15, 0.2) is 0 Å². The number of rotatable bonds is 4. The summed E-state index contributed by atoms with van der Waals surface area (Å²) in [5.41, 5.74) is -0.712. The largest absolute Gasteiger partial charge is 0.386 e. The van der Waals surface area contributed by atoms with Crippen LogP contribution in [-0.2, 0) is 4.74 Å². The van der Waals surface area contributed by atoms with E-state index < -0.39 is 5.60 Å². The van der Waals surface area contributed by atoms with E-state index in [0.29, 0.717) is 13.2 Å². The smallest absolute Gasteiger partial charge is 0.100 e. The molecule has 3 heteroatoms. The number of hydrogen-bond acceptors (Lipinski definition) is 3. The molecule has 3 nitrogen and oxygen atoms in total. The first kappa shape index (κ1) is 11.0. The van der Waals surface area contributed by atoms with Gasteiger partial charge < -0.3 is 15.2 Å². The Hall–Kier alpha value is -0.120. The Morgan fingerprint density at radius 3 is 2.85 bits per heavy atom. The van der Waals surface area contributed by atoms with Gasteiger partial charge in [0, 0.05) is 12.6 Å². The predicted octanol–water partition coefficient (Wildman–Crippen LogP) is 0.916. The van der Waals surface area contributed by atoms with Crippen LogP contribution in [0.15, 0.2) is 0 Å². The Kier molecular flexibility index (Phi) is 4.16. The maximum absolute atomic E-state index is 10.1. The van der Waals surface area contributed by atoms with E-state index in [9.17, 15) is 5.11 Å². The summed E-state index contributed by atoms with van der Waals surface area (Å²) in [6.07, 6.45) is 3.49. The van der Waals surface area contributed by atoms with Crippen LogP contribution in [0.4, 0.5) is 0 Å². The first-order chi connectivity index (χ1) is 6.17. The second-order valence-electron chi connectivity index (χ2n) is 4.00. The molecule has 13 heavy (non-hydrogen) atoms. The van der Waals surface area contributed by atoms with Crippen molar-refractivity contribution in [3.05, 3.63) is 0 Å². The standard InChI is InChI=1S/C10H21NO2/c1-3-13-8-10(2,12)9-6-4-5-7-11-9/h9,11-12H,3-8H2,1-2H3. The second-order valence-corrected chi connectivity index (χ2v) is 4.00. The molecule has 1 saturated heterocycles. The van der Waals surface area contributed by atoms with Crippen molar-refractivity contribution in [1.29, 1.82) is 0 Å². The highest BCUT2D eigenvalue weighted by atomic mass is 16.5. The second kappa shape index (κ2) is 4.94. The number of ether oxygens (including phenoxy) is 1. The van der Waals surface area contributed by atoms with E-state index >= 15 is 0 Å². The fourth-order valence-electron chi connectivity index (χ4n) is 1.79. The van der Waals surface area contributed by atoms with Crippen molar-refractivity contribution in [2.24, 2.45) is 0 Å². The van der Waals surface area contributed by atoms with E-state index in [1.54, 1.807) is 0 Å². The van der Waals surface area contributed by atoms with Crippen molar-refractivity contribution in [3.8, 4) is 0 Å². The molecule has 0 spiro atoms. The molecule has 0 aromatic rings. The molecular weight excluding hydrogens is 166 g/mol. The maximum atomic E-state index is 10.1. The van der Waals surface area contributed by atoms with Crippen molar-refractivity contribution in [1.82, 2.24) is 5.32 Å². The lowest BCUT2D eigenvalue weighted by atomic mass is 9.90. The summed E-state index contributed by atoms with van der Waals surface area (Å²) in [6.45, 7) is 5.92. The Bertz CT molecular complexity index is 142. The Balaban J connectivity index is 2.36. The van der Waals surface area contributed by atoms with E-state index in [1.165, 1.54) is 12.8 Å². The number of aliphatic hydroxyl groups is 1. The van der Waals surface area contributed by atoms with Gasteiger partial charge in [-0.25, -0.2) is 0 Å². The minimum atomic E-state index is -0.712. The lowest BCUT2D eigenvalue weighted by molar-refractivity contribution is -0.0598. The molecule has 0 saturated carbocycles. The molecule has 0 bridgehead atoms. The fraction of sp³-hybridized carbons (Fsp3) is 1.00. The summed E-state index contributed by atoms with van der Waals surface area (Å²) in [7, 11) is 0. The summed E-state index contributed by atoms with van der Waals surface area (Å²) in [5, 5.41) is 13.4.